The van der Waals surface area contributed by atoms with Crippen LogP contribution in [0.2, 0.25) is 0 Å². The van der Waals surface area contributed by atoms with E-state index in [0.717, 1.165) is 44.5 Å². The van der Waals surface area contributed by atoms with Crippen LogP contribution >= 0.6 is 0 Å². The predicted octanol–water partition coefficient (Wildman–Crippen LogP) is 3.91. The highest BCUT2D eigenvalue weighted by Crippen LogP contribution is 2.20. The number of likely N-dealkylation sites (tertiary alicyclic amines) is 1. The topological polar surface area (TPSA) is 58.4 Å². The van der Waals surface area contributed by atoms with E-state index in [2.05, 4.69) is 29.3 Å². The average molecular weight is 332 g/mol. The molecular formula is C20H33N3O. The minimum Gasteiger partial charge on any atom is -0.330 e. The summed E-state index contributed by atoms with van der Waals surface area (Å²) in [4.78, 5) is 14.5. The number of carbonyl (C=O) groups is 1. The van der Waals surface area contributed by atoms with Crippen molar-refractivity contribution in [3.8, 4) is 0 Å². The summed E-state index contributed by atoms with van der Waals surface area (Å²) in [7, 11) is 0. The van der Waals surface area contributed by atoms with Crippen molar-refractivity contribution < 1.29 is 4.79 Å². The fraction of sp³-hybridized carbons (Fsp3) is 0.650. The first kappa shape index (κ1) is 18.9. The van der Waals surface area contributed by atoms with Crippen LogP contribution in [0.4, 0.5) is 5.69 Å². The molecule has 2 rings (SSSR count). The van der Waals surface area contributed by atoms with E-state index >= 15 is 0 Å². The lowest BCUT2D eigenvalue weighted by Gasteiger charge is -2.33. The first-order valence-electron chi connectivity index (χ1n) is 9.52. The zero-order valence-corrected chi connectivity index (χ0v) is 15.1. The minimum absolute atomic E-state index is 0.111. The molecule has 4 heteroatoms. The van der Waals surface area contributed by atoms with E-state index in [4.69, 9.17) is 5.73 Å². The molecule has 1 unspecified atom stereocenters. The van der Waals surface area contributed by atoms with E-state index < -0.39 is 0 Å². The monoisotopic (exact) mass is 331 g/mol. The van der Waals surface area contributed by atoms with Crippen molar-refractivity contribution in [2.75, 3.05) is 18.4 Å². The molecule has 0 radical (unpaired) electrons. The highest BCUT2D eigenvalue weighted by molar-refractivity contribution is 5.90. The van der Waals surface area contributed by atoms with Crippen molar-refractivity contribution in [3.63, 3.8) is 0 Å². The fourth-order valence-corrected chi connectivity index (χ4v) is 3.33. The van der Waals surface area contributed by atoms with Crippen LogP contribution in [0.5, 0.6) is 0 Å². The summed E-state index contributed by atoms with van der Waals surface area (Å²) in [5.41, 5.74) is 7.69. The molecule has 0 spiro atoms. The van der Waals surface area contributed by atoms with Crippen LogP contribution in [0.15, 0.2) is 24.3 Å². The molecule has 1 heterocycles. The molecule has 3 N–H and O–H groups in total. The third-order valence-electron chi connectivity index (χ3n) is 4.92. The van der Waals surface area contributed by atoms with Crippen LogP contribution in [0.3, 0.4) is 0 Å². The number of nitrogens with two attached hydrogens (primary N) is 1. The number of nitrogens with zero attached hydrogens (tertiary/aromatic N) is 1. The van der Waals surface area contributed by atoms with Gasteiger partial charge in [-0.3, -0.25) is 9.69 Å². The number of hydrogen-bond donors (Lipinski definition) is 2. The summed E-state index contributed by atoms with van der Waals surface area (Å²) >= 11 is 0. The zero-order valence-electron chi connectivity index (χ0n) is 15.1. The van der Waals surface area contributed by atoms with Gasteiger partial charge in [0.15, 0.2) is 0 Å². The average Bonchev–Trinajstić information content (AvgIpc) is 2.58. The Labute approximate surface area is 146 Å². The number of carbonyl (C=O) groups excluding carboxylic acids is 1. The van der Waals surface area contributed by atoms with E-state index in [1.165, 1.54) is 31.4 Å². The summed E-state index contributed by atoms with van der Waals surface area (Å²) in [5, 5.41) is 3.00. The third kappa shape index (κ3) is 6.62. The van der Waals surface area contributed by atoms with Crippen LogP contribution in [0, 0.1) is 0 Å². The van der Waals surface area contributed by atoms with Gasteiger partial charge in [0.2, 0.25) is 5.91 Å². The Kier molecular flexibility index (Phi) is 8.26. The Morgan fingerprint density at radius 3 is 2.62 bits per heavy atom. The van der Waals surface area contributed by atoms with Crippen molar-refractivity contribution >= 4 is 11.6 Å². The molecule has 24 heavy (non-hydrogen) atoms. The van der Waals surface area contributed by atoms with E-state index in [-0.39, 0.29) is 5.91 Å². The van der Waals surface area contributed by atoms with Gasteiger partial charge >= 0.3 is 0 Å². The molecule has 0 aliphatic carbocycles. The van der Waals surface area contributed by atoms with Gasteiger partial charge < -0.3 is 11.1 Å². The summed E-state index contributed by atoms with van der Waals surface area (Å²) < 4.78 is 0. The van der Waals surface area contributed by atoms with Gasteiger partial charge in [0.25, 0.3) is 0 Å². The molecule has 4 nitrogen and oxygen atoms in total. The van der Waals surface area contributed by atoms with Crippen molar-refractivity contribution in [2.24, 2.45) is 5.73 Å². The van der Waals surface area contributed by atoms with Crippen LogP contribution in [0.25, 0.3) is 0 Å². The van der Waals surface area contributed by atoms with E-state index in [9.17, 15) is 4.79 Å². The highest BCUT2D eigenvalue weighted by atomic mass is 16.1. The molecule has 1 amide bonds. The number of benzene rings is 1. The zero-order chi connectivity index (χ0) is 17.2. The second-order valence-electron chi connectivity index (χ2n) is 7.01. The lowest BCUT2D eigenvalue weighted by molar-refractivity contribution is -0.116. The van der Waals surface area contributed by atoms with Crippen LogP contribution in [0.1, 0.15) is 63.9 Å². The third-order valence-corrected chi connectivity index (χ3v) is 4.92. The normalized spacial score (nSPS) is 18.5. The van der Waals surface area contributed by atoms with Gasteiger partial charge in [0.1, 0.15) is 0 Å². The Balaban J connectivity index is 1.72. The van der Waals surface area contributed by atoms with Gasteiger partial charge in [0, 0.05) is 24.7 Å². The molecule has 134 valence electrons. The second-order valence-corrected chi connectivity index (χ2v) is 7.01. The Hall–Kier alpha value is -1.39. The van der Waals surface area contributed by atoms with Gasteiger partial charge in [-0.25, -0.2) is 0 Å². The molecule has 1 aliphatic heterocycles. The molecule has 1 aromatic rings. The maximum Gasteiger partial charge on any atom is 0.224 e. The number of rotatable bonds is 9. The Bertz CT molecular complexity index is 486. The van der Waals surface area contributed by atoms with Crippen LogP contribution in [-0.2, 0) is 11.3 Å². The molecular weight excluding hydrogens is 298 g/mol. The summed E-state index contributed by atoms with van der Waals surface area (Å²) in [6.07, 6.45) is 8.76. The lowest BCUT2D eigenvalue weighted by atomic mass is 10.0. The number of unbranched alkanes of at least 4 members (excludes halogenated alkanes) is 3. The smallest absolute Gasteiger partial charge is 0.224 e. The lowest BCUT2D eigenvalue weighted by Crippen LogP contribution is -2.36. The van der Waals surface area contributed by atoms with Gasteiger partial charge in [-0.2, -0.15) is 0 Å². The minimum atomic E-state index is 0.111. The number of piperidine rings is 1. The standard InChI is InChI=1S/C20H33N3O/c1-17-8-5-7-15-23(17)16-18-10-12-19(13-11-18)22-20(24)9-4-2-3-6-14-21/h10-13,17H,2-9,14-16,21H2,1H3,(H,22,24). The predicted molar refractivity (Wildman–Crippen MR) is 101 cm³/mol. The second kappa shape index (κ2) is 10.5. The Morgan fingerprint density at radius 1 is 1.17 bits per heavy atom. The molecule has 0 bridgehead atoms. The molecule has 1 saturated heterocycles. The molecule has 1 atom stereocenters. The molecule has 1 aromatic carbocycles. The van der Waals surface area contributed by atoms with Crippen molar-refractivity contribution in [3.05, 3.63) is 29.8 Å². The Morgan fingerprint density at radius 2 is 1.92 bits per heavy atom. The maximum atomic E-state index is 11.9. The molecule has 0 saturated carbocycles. The van der Waals surface area contributed by atoms with E-state index in [0.29, 0.717) is 12.5 Å². The largest absolute Gasteiger partial charge is 0.330 e. The molecule has 1 aliphatic rings. The number of hydrogen-bond acceptors (Lipinski definition) is 3. The maximum absolute atomic E-state index is 11.9. The summed E-state index contributed by atoms with van der Waals surface area (Å²) in [6.45, 7) is 5.27. The molecule has 1 fully saturated rings. The summed E-state index contributed by atoms with van der Waals surface area (Å²) in [5.74, 6) is 0.111. The van der Waals surface area contributed by atoms with Crippen LogP contribution < -0.4 is 11.1 Å². The van der Waals surface area contributed by atoms with E-state index in [1.54, 1.807) is 0 Å². The van der Waals surface area contributed by atoms with Crippen molar-refractivity contribution in [1.29, 1.82) is 0 Å². The number of nitrogens with one attached hydrogen (secondary N) is 1. The van der Waals surface area contributed by atoms with Gasteiger partial charge in [-0.05, 0) is 63.4 Å². The van der Waals surface area contributed by atoms with Crippen molar-refractivity contribution in [1.82, 2.24) is 4.90 Å². The van der Waals surface area contributed by atoms with Gasteiger partial charge in [-0.15, -0.1) is 0 Å². The van der Waals surface area contributed by atoms with Gasteiger partial charge in [-0.1, -0.05) is 31.4 Å². The highest BCUT2D eigenvalue weighted by Gasteiger charge is 2.17. The van der Waals surface area contributed by atoms with Crippen molar-refractivity contribution in [2.45, 2.75) is 70.9 Å². The van der Waals surface area contributed by atoms with Gasteiger partial charge in [0.05, 0.1) is 0 Å². The van der Waals surface area contributed by atoms with Crippen LogP contribution in [-0.4, -0.2) is 29.9 Å². The number of amides is 1. The first-order valence-corrected chi connectivity index (χ1v) is 9.52. The fourth-order valence-electron chi connectivity index (χ4n) is 3.33. The quantitative estimate of drug-likeness (QED) is 0.675. The van der Waals surface area contributed by atoms with E-state index in [1.807, 2.05) is 12.1 Å². The number of anilines is 1. The first-order chi connectivity index (χ1) is 11.7. The summed E-state index contributed by atoms with van der Waals surface area (Å²) in [6, 6.07) is 9.00. The molecule has 0 aromatic heterocycles. The SMILES string of the molecule is CC1CCCCN1Cc1ccc(NC(=O)CCCCCCN)cc1.